The van der Waals surface area contributed by atoms with Crippen molar-refractivity contribution in [3.05, 3.63) is 83.2 Å². The highest BCUT2D eigenvalue weighted by Gasteiger charge is 2.38. The van der Waals surface area contributed by atoms with Crippen LogP contribution in [0.25, 0.3) is 16.8 Å². The van der Waals surface area contributed by atoms with Gasteiger partial charge in [-0.2, -0.15) is 17.6 Å². The van der Waals surface area contributed by atoms with Gasteiger partial charge in [0.2, 0.25) is 11.9 Å². The number of aromatic nitrogens is 3. The number of nitrogens with two attached hydrogens (primary N) is 1. The van der Waals surface area contributed by atoms with E-state index in [4.69, 9.17) is 10.7 Å². The minimum absolute atomic E-state index is 0.123. The largest absolute Gasteiger partial charge is 0.416 e. The number of benzene rings is 2. The summed E-state index contributed by atoms with van der Waals surface area (Å²) in [6.07, 6.45) is -0.321. The molecule has 1 amide bonds. The second-order valence-electron chi connectivity index (χ2n) is 10.4. The van der Waals surface area contributed by atoms with Crippen molar-refractivity contribution in [1.29, 1.82) is 0 Å². The molecule has 2 fully saturated rings. The Balaban J connectivity index is 1.36. The molecule has 4 heterocycles. The first-order chi connectivity index (χ1) is 18.6. The summed E-state index contributed by atoms with van der Waals surface area (Å²) in [7, 11) is 0. The van der Waals surface area contributed by atoms with Gasteiger partial charge >= 0.3 is 6.18 Å². The number of carbonyl (C=O) groups excluding carboxylic acids is 1. The lowest BCUT2D eigenvalue weighted by molar-refractivity contribution is -0.137. The first-order valence-electron chi connectivity index (χ1n) is 13.0. The second kappa shape index (κ2) is 9.36. The number of amides is 1. The average molecular weight is 538 g/mol. The number of hydrogen-bond donors (Lipinski definition) is 1. The molecule has 6 nitrogen and oxygen atoms in total. The zero-order chi connectivity index (χ0) is 27.5. The molecular formula is C29H27F4N5O. The van der Waals surface area contributed by atoms with Crippen molar-refractivity contribution in [3.8, 4) is 11.3 Å². The van der Waals surface area contributed by atoms with Crippen LogP contribution in [0.3, 0.4) is 0 Å². The molecule has 2 aliphatic rings. The Morgan fingerprint density at radius 2 is 1.82 bits per heavy atom. The lowest BCUT2D eigenvalue weighted by Crippen LogP contribution is -2.41. The third kappa shape index (κ3) is 4.41. The molecule has 2 saturated heterocycles. The number of anilines is 1. The summed E-state index contributed by atoms with van der Waals surface area (Å²) in [6, 6.07) is 12.9. The lowest BCUT2D eigenvalue weighted by Gasteiger charge is -2.34. The van der Waals surface area contributed by atoms with E-state index in [1.54, 1.807) is 6.07 Å². The van der Waals surface area contributed by atoms with E-state index in [2.05, 4.69) is 4.98 Å². The summed E-state index contributed by atoms with van der Waals surface area (Å²) in [5, 5.41) is 0. The van der Waals surface area contributed by atoms with Crippen molar-refractivity contribution in [2.45, 2.75) is 56.7 Å². The molecule has 2 N–H and O–H groups in total. The van der Waals surface area contributed by atoms with E-state index in [9.17, 15) is 18.0 Å². The van der Waals surface area contributed by atoms with Crippen LogP contribution in [-0.4, -0.2) is 37.8 Å². The maximum absolute atomic E-state index is 15.2. The summed E-state index contributed by atoms with van der Waals surface area (Å²) in [4.78, 5) is 23.2. The molecule has 0 unspecified atom stereocenters. The Kier molecular flexibility index (Phi) is 6.08. The van der Waals surface area contributed by atoms with Crippen molar-refractivity contribution in [1.82, 2.24) is 19.3 Å². The number of alkyl halides is 3. The number of carbonyl (C=O) groups is 1. The summed E-state index contributed by atoms with van der Waals surface area (Å²) < 4.78 is 56.2. The Labute approximate surface area is 222 Å². The van der Waals surface area contributed by atoms with Crippen LogP contribution in [0.15, 0.2) is 54.7 Å². The van der Waals surface area contributed by atoms with E-state index in [1.165, 1.54) is 16.5 Å². The zero-order valence-corrected chi connectivity index (χ0v) is 21.3. The molecule has 0 radical (unpaired) electrons. The molecule has 0 bridgehead atoms. The highest BCUT2D eigenvalue weighted by atomic mass is 19.4. The first kappa shape index (κ1) is 25.3. The highest BCUT2D eigenvalue weighted by molar-refractivity contribution is 5.85. The molecule has 4 aromatic rings. The molecular weight excluding hydrogens is 510 g/mol. The van der Waals surface area contributed by atoms with Gasteiger partial charge in [-0.1, -0.05) is 49.4 Å². The van der Waals surface area contributed by atoms with Crippen molar-refractivity contribution >= 4 is 17.2 Å². The molecule has 2 aromatic carbocycles. The fourth-order valence-corrected chi connectivity index (χ4v) is 5.99. The van der Waals surface area contributed by atoms with Crippen molar-refractivity contribution in [2.75, 3.05) is 12.3 Å². The fourth-order valence-electron chi connectivity index (χ4n) is 5.99. The molecule has 0 spiro atoms. The lowest BCUT2D eigenvalue weighted by atomic mass is 9.91. The molecule has 39 heavy (non-hydrogen) atoms. The number of nitrogens with zero attached hydrogens (tertiary/aromatic N) is 4. The van der Waals surface area contributed by atoms with E-state index in [0.29, 0.717) is 41.1 Å². The minimum Gasteiger partial charge on any atom is -0.382 e. The molecule has 6 rings (SSSR count). The van der Waals surface area contributed by atoms with Gasteiger partial charge in [0, 0.05) is 36.4 Å². The predicted molar refractivity (Wildman–Crippen MR) is 138 cm³/mol. The Hall–Kier alpha value is -3.95. The predicted octanol–water partition coefficient (Wildman–Crippen LogP) is 6.16. The molecule has 10 heteroatoms. The monoisotopic (exact) mass is 537 g/mol. The number of piperidine rings is 1. The Bertz CT molecular complexity index is 1560. The van der Waals surface area contributed by atoms with E-state index in [1.807, 2.05) is 36.1 Å². The summed E-state index contributed by atoms with van der Waals surface area (Å²) >= 11 is 0. The van der Waals surface area contributed by atoms with E-state index in [0.717, 1.165) is 37.1 Å². The van der Waals surface area contributed by atoms with Crippen LogP contribution < -0.4 is 5.73 Å². The summed E-state index contributed by atoms with van der Waals surface area (Å²) in [6.45, 7) is 2.33. The number of rotatable bonds is 4. The van der Waals surface area contributed by atoms with Gasteiger partial charge in [-0.15, -0.1) is 0 Å². The van der Waals surface area contributed by atoms with Crippen molar-refractivity contribution in [3.63, 3.8) is 0 Å². The van der Waals surface area contributed by atoms with Crippen LogP contribution in [0.4, 0.5) is 23.4 Å². The van der Waals surface area contributed by atoms with Gasteiger partial charge in [0.15, 0.2) is 0 Å². The molecule has 2 aromatic heterocycles. The Morgan fingerprint density at radius 1 is 1.05 bits per heavy atom. The normalized spacial score (nSPS) is 20.4. The average Bonchev–Trinajstić information content (AvgIpc) is 3.52. The highest BCUT2D eigenvalue weighted by Crippen LogP contribution is 2.39. The zero-order valence-electron chi connectivity index (χ0n) is 21.3. The van der Waals surface area contributed by atoms with Crippen molar-refractivity contribution in [2.24, 2.45) is 0 Å². The molecule has 3 atom stereocenters. The minimum atomic E-state index is -4.41. The number of imidazole rings is 1. The van der Waals surface area contributed by atoms with Gasteiger partial charge in [-0.25, -0.2) is 9.97 Å². The Morgan fingerprint density at radius 3 is 2.56 bits per heavy atom. The van der Waals surface area contributed by atoms with Gasteiger partial charge in [-0.3, -0.25) is 9.20 Å². The number of hydrogen-bond acceptors (Lipinski definition) is 4. The quantitative estimate of drug-likeness (QED) is 0.317. The third-order valence-electron chi connectivity index (χ3n) is 8.15. The first-order valence-corrected chi connectivity index (χ1v) is 13.0. The van der Waals surface area contributed by atoms with E-state index in [-0.39, 0.29) is 29.6 Å². The van der Waals surface area contributed by atoms with Gasteiger partial charge < -0.3 is 10.6 Å². The summed E-state index contributed by atoms with van der Waals surface area (Å²) in [5.41, 5.74) is 8.43. The van der Waals surface area contributed by atoms with Gasteiger partial charge in [0.25, 0.3) is 0 Å². The second-order valence-corrected chi connectivity index (χ2v) is 10.4. The van der Waals surface area contributed by atoms with Gasteiger partial charge in [0.05, 0.1) is 11.8 Å². The maximum Gasteiger partial charge on any atom is 0.416 e. The number of fused-ring (bicyclic) bond motifs is 2. The van der Waals surface area contributed by atoms with E-state index >= 15 is 4.39 Å². The SMILES string of the molecule is C[C@@H](c1ccc(-c2nc([C@@H]3CC[C@H]4CCC(=O)N4C3)n3c(F)cnc(N)c23)cc1)c1cccc(C(F)(F)F)c1. The topological polar surface area (TPSA) is 76.5 Å². The molecule has 202 valence electrons. The van der Waals surface area contributed by atoms with Crippen LogP contribution in [0.1, 0.15) is 67.0 Å². The third-order valence-corrected chi connectivity index (χ3v) is 8.15. The number of halogens is 4. The van der Waals surface area contributed by atoms with Crippen LogP contribution in [-0.2, 0) is 11.0 Å². The van der Waals surface area contributed by atoms with Crippen LogP contribution in [0.2, 0.25) is 0 Å². The standard InChI is InChI=1S/C29H27F4N5O/c1-16(19-3-2-4-21(13-19)29(31,32)33)17-5-7-18(8-6-17)25-26-27(34)35-14-23(30)38(26)28(36-25)20-9-10-22-11-12-24(39)37(22)15-20/h2-8,13-14,16,20,22H,9-12,15H2,1H3,(H2,34,35)/t16-,20+,22-/m0/s1. The molecule has 0 saturated carbocycles. The molecule has 0 aliphatic carbocycles. The number of nitrogen functional groups attached to an aromatic ring is 1. The van der Waals surface area contributed by atoms with Crippen molar-refractivity contribution < 1.29 is 22.4 Å². The molecule has 2 aliphatic heterocycles. The fraction of sp³-hybridized carbons (Fsp3) is 0.345. The van der Waals surface area contributed by atoms with Crippen LogP contribution in [0.5, 0.6) is 0 Å². The van der Waals surface area contributed by atoms with Crippen LogP contribution in [0, 0.1) is 5.95 Å². The smallest absolute Gasteiger partial charge is 0.382 e. The van der Waals surface area contributed by atoms with Gasteiger partial charge in [-0.05, 0) is 36.5 Å². The van der Waals surface area contributed by atoms with E-state index < -0.39 is 17.7 Å². The van der Waals surface area contributed by atoms with Gasteiger partial charge in [0.1, 0.15) is 22.9 Å². The maximum atomic E-state index is 15.2. The summed E-state index contributed by atoms with van der Waals surface area (Å²) in [5.74, 6) is -0.256. The van der Waals surface area contributed by atoms with Crippen LogP contribution >= 0.6 is 0 Å².